The average Bonchev–Trinajstić information content (AvgIpc) is 2.58. The molecule has 0 spiro atoms. The van der Waals surface area contributed by atoms with Crippen molar-refractivity contribution in [3.8, 4) is 0 Å². The van der Waals surface area contributed by atoms with E-state index in [1.165, 1.54) is 6.07 Å². The van der Waals surface area contributed by atoms with E-state index in [0.29, 0.717) is 45.0 Å². The fraction of sp³-hybridized carbons (Fsp3) is 0.588. The first kappa shape index (κ1) is 16.4. The number of halogens is 1. The molecule has 126 valence electrons. The van der Waals surface area contributed by atoms with Gasteiger partial charge in [0, 0.05) is 37.8 Å². The van der Waals surface area contributed by atoms with Crippen LogP contribution in [0.25, 0.3) is 0 Å². The highest BCUT2D eigenvalue weighted by Crippen LogP contribution is 2.27. The molecule has 2 atom stereocenters. The third-order valence-electron chi connectivity index (χ3n) is 4.61. The van der Waals surface area contributed by atoms with Gasteiger partial charge in [-0.2, -0.15) is 0 Å². The molecule has 6 heteroatoms. The zero-order chi connectivity index (χ0) is 16.2. The standard InChI is InChI=1S/C17H24FN3O2/c18-15-6-2-1-5-14(15)16(20-8-10-23-11-9-20)17(22)21-7-3-4-13(19)12-21/h1-2,5-6,13,16H,3-4,7-12,19H2/t13-,16+/m0/s1. The number of hydrogen-bond acceptors (Lipinski definition) is 4. The third kappa shape index (κ3) is 3.71. The van der Waals surface area contributed by atoms with E-state index in [1.807, 2.05) is 4.90 Å². The number of amides is 1. The van der Waals surface area contributed by atoms with Gasteiger partial charge in [-0.1, -0.05) is 18.2 Å². The van der Waals surface area contributed by atoms with Gasteiger partial charge in [0.15, 0.2) is 0 Å². The summed E-state index contributed by atoms with van der Waals surface area (Å²) < 4.78 is 19.7. The van der Waals surface area contributed by atoms with Gasteiger partial charge in [0.2, 0.25) is 5.91 Å². The van der Waals surface area contributed by atoms with Crippen LogP contribution >= 0.6 is 0 Å². The highest BCUT2D eigenvalue weighted by Gasteiger charge is 2.35. The van der Waals surface area contributed by atoms with Gasteiger partial charge in [0.1, 0.15) is 11.9 Å². The second-order valence-electron chi connectivity index (χ2n) is 6.26. The minimum Gasteiger partial charge on any atom is -0.379 e. The van der Waals surface area contributed by atoms with E-state index in [0.717, 1.165) is 12.8 Å². The number of likely N-dealkylation sites (tertiary alicyclic amines) is 1. The quantitative estimate of drug-likeness (QED) is 0.907. The summed E-state index contributed by atoms with van der Waals surface area (Å²) in [6.07, 6.45) is 1.84. The minimum absolute atomic E-state index is 0.0126. The molecule has 0 unspecified atom stereocenters. The van der Waals surface area contributed by atoms with Crippen LogP contribution in [0.5, 0.6) is 0 Å². The maximum atomic E-state index is 14.3. The van der Waals surface area contributed by atoms with Gasteiger partial charge < -0.3 is 15.4 Å². The largest absolute Gasteiger partial charge is 0.379 e. The number of ether oxygens (including phenoxy) is 1. The number of piperidine rings is 1. The van der Waals surface area contributed by atoms with Crippen LogP contribution in [0.15, 0.2) is 24.3 Å². The summed E-state index contributed by atoms with van der Waals surface area (Å²) in [6.45, 7) is 3.64. The number of nitrogens with zero attached hydrogens (tertiary/aromatic N) is 2. The van der Waals surface area contributed by atoms with Crippen LogP contribution < -0.4 is 5.73 Å². The third-order valence-corrected chi connectivity index (χ3v) is 4.61. The second-order valence-corrected chi connectivity index (χ2v) is 6.26. The van der Waals surface area contributed by atoms with Crippen molar-refractivity contribution < 1.29 is 13.9 Å². The molecule has 1 aromatic rings. The Hall–Kier alpha value is -1.50. The highest BCUT2D eigenvalue weighted by atomic mass is 19.1. The molecule has 1 aromatic carbocycles. The SMILES string of the molecule is N[C@H]1CCCN(C(=O)[C@@H](c2ccccc2F)N2CCOCC2)C1. The number of morpholine rings is 1. The molecule has 2 aliphatic rings. The van der Waals surface area contributed by atoms with Crippen molar-refractivity contribution in [3.05, 3.63) is 35.6 Å². The lowest BCUT2D eigenvalue weighted by Crippen LogP contribution is -2.52. The lowest BCUT2D eigenvalue weighted by molar-refractivity contribution is -0.140. The fourth-order valence-corrected chi connectivity index (χ4v) is 3.40. The first-order valence-corrected chi connectivity index (χ1v) is 8.27. The highest BCUT2D eigenvalue weighted by molar-refractivity contribution is 5.83. The van der Waals surface area contributed by atoms with Gasteiger partial charge >= 0.3 is 0 Å². The van der Waals surface area contributed by atoms with E-state index in [1.54, 1.807) is 23.1 Å². The van der Waals surface area contributed by atoms with E-state index in [9.17, 15) is 9.18 Å². The number of nitrogens with two attached hydrogens (primary N) is 1. The van der Waals surface area contributed by atoms with Gasteiger partial charge in [-0.15, -0.1) is 0 Å². The Kier molecular flexibility index (Phi) is 5.25. The number of carbonyl (C=O) groups excluding carboxylic acids is 1. The molecule has 23 heavy (non-hydrogen) atoms. The van der Waals surface area contributed by atoms with Crippen molar-refractivity contribution in [2.75, 3.05) is 39.4 Å². The molecule has 1 amide bonds. The summed E-state index contributed by atoms with van der Waals surface area (Å²) in [4.78, 5) is 16.9. The average molecular weight is 321 g/mol. The van der Waals surface area contributed by atoms with Crippen LogP contribution in [0.3, 0.4) is 0 Å². The summed E-state index contributed by atoms with van der Waals surface area (Å²) in [5.41, 5.74) is 6.45. The molecular formula is C17H24FN3O2. The second kappa shape index (κ2) is 7.38. The molecule has 2 saturated heterocycles. The van der Waals surface area contributed by atoms with Crippen molar-refractivity contribution >= 4 is 5.91 Å². The Morgan fingerprint density at radius 3 is 2.70 bits per heavy atom. The fourth-order valence-electron chi connectivity index (χ4n) is 3.40. The van der Waals surface area contributed by atoms with E-state index in [2.05, 4.69) is 0 Å². The van der Waals surface area contributed by atoms with E-state index < -0.39 is 6.04 Å². The molecule has 3 rings (SSSR count). The van der Waals surface area contributed by atoms with Gasteiger partial charge in [-0.05, 0) is 18.9 Å². The summed E-state index contributed by atoms with van der Waals surface area (Å²) in [5.74, 6) is -0.384. The molecule has 2 aliphatic heterocycles. The first-order chi connectivity index (χ1) is 11.2. The van der Waals surface area contributed by atoms with Crippen molar-refractivity contribution in [3.63, 3.8) is 0 Å². The number of carbonyl (C=O) groups is 1. The smallest absolute Gasteiger partial charge is 0.244 e. The van der Waals surface area contributed by atoms with Crippen LogP contribution in [0.4, 0.5) is 4.39 Å². The van der Waals surface area contributed by atoms with Crippen molar-refractivity contribution in [1.29, 1.82) is 0 Å². The number of benzene rings is 1. The molecule has 0 radical (unpaired) electrons. The van der Waals surface area contributed by atoms with Crippen molar-refractivity contribution in [1.82, 2.24) is 9.80 Å². The van der Waals surface area contributed by atoms with Crippen LogP contribution in [0, 0.1) is 5.82 Å². The Bertz CT molecular complexity index is 548. The normalized spacial score (nSPS) is 24.4. The van der Waals surface area contributed by atoms with Gasteiger partial charge in [-0.3, -0.25) is 9.69 Å². The molecule has 0 saturated carbocycles. The van der Waals surface area contributed by atoms with Crippen LogP contribution in [0.2, 0.25) is 0 Å². The predicted molar refractivity (Wildman–Crippen MR) is 85.3 cm³/mol. The van der Waals surface area contributed by atoms with E-state index in [-0.39, 0.29) is 17.8 Å². The lowest BCUT2D eigenvalue weighted by atomic mass is 10.00. The van der Waals surface area contributed by atoms with Crippen LogP contribution in [0.1, 0.15) is 24.4 Å². The van der Waals surface area contributed by atoms with Crippen LogP contribution in [-0.2, 0) is 9.53 Å². The van der Waals surface area contributed by atoms with Crippen molar-refractivity contribution in [2.24, 2.45) is 5.73 Å². The molecular weight excluding hydrogens is 297 g/mol. The van der Waals surface area contributed by atoms with Crippen LogP contribution in [-0.4, -0.2) is 61.1 Å². The maximum absolute atomic E-state index is 14.3. The lowest BCUT2D eigenvalue weighted by Gasteiger charge is -2.39. The van der Waals surface area contributed by atoms with Gasteiger partial charge in [0.05, 0.1) is 13.2 Å². The Morgan fingerprint density at radius 1 is 1.26 bits per heavy atom. The number of rotatable bonds is 3. The minimum atomic E-state index is -0.592. The molecule has 5 nitrogen and oxygen atoms in total. The van der Waals surface area contributed by atoms with E-state index in [4.69, 9.17) is 10.5 Å². The molecule has 2 fully saturated rings. The summed E-state index contributed by atoms with van der Waals surface area (Å²) >= 11 is 0. The molecule has 2 N–H and O–H groups in total. The Morgan fingerprint density at radius 2 is 2.00 bits per heavy atom. The summed E-state index contributed by atoms with van der Waals surface area (Å²) in [7, 11) is 0. The number of hydrogen-bond donors (Lipinski definition) is 1. The van der Waals surface area contributed by atoms with Gasteiger partial charge in [0.25, 0.3) is 0 Å². The zero-order valence-electron chi connectivity index (χ0n) is 13.3. The predicted octanol–water partition coefficient (Wildman–Crippen LogP) is 1.15. The monoisotopic (exact) mass is 321 g/mol. The topological polar surface area (TPSA) is 58.8 Å². The molecule has 0 aromatic heterocycles. The van der Waals surface area contributed by atoms with Crippen molar-refractivity contribution in [2.45, 2.75) is 24.9 Å². The van der Waals surface area contributed by atoms with E-state index >= 15 is 0 Å². The maximum Gasteiger partial charge on any atom is 0.244 e. The molecule has 0 aliphatic carbocycles. The van der Waals surface area contributed by atoms with Gasteiger partial charge in [-0.25, -0.2) is 4.39 Å². The zero-order valence-corrected chi connectivity index (χ0v) is 13.3. The first-order valence-electron chi connectivity index (χ1n) is 8.27. The summed E-state index contributed by atoms with van der Waals surface area (Å²) in [6, 6.07) is 5.97. The summed E-state index contributed by atoms with van der Waals surface area (Å²) in [5, 5.41) is 0. The molecule has 0 bridgehead atoms. The Labute approximate surface area is 136 Å². The Balaban J connectivity index is 1.88. The molecule has 2 heterocycles.